The van der Waals surface area contributed by atoms with Crippen molar-refractivity contribution in [3.63, 3.8) is 0 Å². The third-order valence-electron chi connectivity index (χ3n) is 2.68. The minimum Gasteiger partial charge on any atom is -0.497 e. The molecule has 0 saturated heterocycles. The molecule has 1 aliphatic carbocycles. The Balaban J connectivity index is 2.13. The summed E-state index contributed by atoms with van der Waals surface area (Å²) >= 11 is 0. The lowest BCUT2D eigenvalue weighted by molar-refractivity contribution is 0.274. The van der Waals surface area contributed by atoms with E-state index >= 15 is 0 Å². The van der Waals surface area contributed by atoms with Crippen LogP contribution in [0.2, 0.25) is 0 Å². The van der Waals surface area contributed by atoms with Gasteiger partial charge in [-0.05, 0) is 36.0 Å². The summed E-state index contributed by atoms with van der Waals surface area (Å²) < 4.78 is 5.14. The highest BCUT2D eigenvalue weighted by Gasteiger charge is 2.37. The van der Waals surface area contributed by atoms with Crippen LogP contribution < -0.4 is 4.74 Å². The fraction of sp³-hybridized carbons (Fsp3) is 0.455. The minimum atomic E-state index is 0.307. The Kier molecular flexibility index (Phi) is 2.23. The molecule has 0 aliphatic heterocycles. The molecule has 0 amide bonds. The van der Waals surface area contributed by atoms with E-state index in [1.165, 1.54) is 5.56 Å². The highest BCUT2D eigenvalue weighted by atomic mass is 16.5. The second-order valence-electron chi connectivity index (χ2n) is 3.56. The predicted molar refractivity (Wildman–Crippen MR) is 50.9 cm³/mol. The monoisotopic (exact) mass is 178 g/mol. The molecule has 70 valence electrons. The second-order valence-corrected chi connectivity index (χ2v) is 3.56. The van der Waals surface area contributed by atoms with Crippen molar-refractivity contribution in [1.29, 1.82) is 0 Å². The number of methoxy groups -OCH3 is 1. The SMILES string of the molecule is COc1cccc([C@H]2C[C@H]2CO)c1. The molecular formula is C11H14O2. The van der Waals surface area contributed by atoms with Crippen molar-refractivity contribution in [3.8, 4) is 5.75 Å². The van der Waals surface area contributed by atoms with Gasteiger partial charge < -0.3 is 9.84 Å². The fourth-order valence-electron chi connectivity index (χ4n) is 1.73. The first-order valence-corrected chi connectivity index (χ1v) is 4.60. The van der Waals surface area contributed by atoms with Crippen molar-refractivity contribution < 1.29 is 9.84 Å². The average Bonchev–Trinajstić information content (AvgIpc) is 2.97. The van der Waals surface area contributed by atoms with Gasteiger partial charge in [-0.2, -0.15) is 0 Å². The van der Waals surface area contributed by atoms with Crippen LogP contribution in [0.15, 0.2) is 24.3 Å². The van der Waals surface area contributed by atoms with Crippen LogP contribution in [-0.2, 0) is 0 Å². The first-order chi connectivity index (χ1) is 6.35. The predicted octanol–water partition coefficient (Wildman–Crippen LogP) is 1.79. The van der Waals surface area contributed by atoms with Gasteiger partial charge in [0.05, 0.1) is 7.11 Å². The molecule has 0 bridgehead atoms. The van der Waals surface area contributed by atoms with Crippen LogP contribution in [0, 0.1) is 5.92 Å². The molecular weight excluding hydrogens is 164 g/mol. The van der Waals surface area contributed by atoms with Crippen molar-refractivity contribution in [1.82, 2.24) is 0 Å². The van der Waals surface area contributed by atoms with Gasteiger partial charge in [-0.3, -0.25) is 0 Å². The topological polar surface area (TPSA) is 29.5 Å². The smallest absolute Gasteiger partial charge is 0.119 e. The Hall–Kier alpha value is -1.02. The van der Waals surface area contributed by atoms with Gasteiger partial charge in [-0.25, -0.2) is 0 Å². The summed E-state index contributed by atoms with van der Waals surface area (Å²) in [6.45, 7) is 0.307. The van der Waals surface area contributed by atoms with Crippen molar-refractivity contribution in [2.45, 2.75) is 12.3 Å². The molecule has 2 rings (SSSR count). The molecule has 2 heteroatoms. The fourth-order valence-corrected chi connectivity index (χ4v) is 1.73. The Labute approximate surface area is 78.2 Å². The molecule has 0 radical (unpaired) electrons. The van der Waals surface area contributed by atoms with Gasteiger partial charge in [0.15, 0.2) is 0 Å². The average molecular weight is 178 g/mol. The van der Waals surface area contributed by atoms with Crippen LogP contribution in [0.5, 0.6) is 5.75 Å². The zero-order valence-electron chi connectivity index (χ0n) is 7.73. The molecule has 2 atom stereocenters. The maximum absolute atomic E-state index is 8.93. The Bertz CT molecular complexity index is 296. The Morgan fingerprint density at radius 3 is 3.00 bits per heavy atom. The minimum absolute atomic E-state index is 0.307. The van der Waals surface area contributed by atoms with Gasteiger partial charge in [-0.15, -0.1) is 0 Å². The first kappa shape index (κ1) is 8.57. The summed E-state index contributed by atoms with van der Waals surface area (Å²) in [5.74, 6) is 1.94. The maximum Gasteiger partial charge on any atom is 0.119 e. The molecule has 1 aliphatic rings. The molecule has 1 saturated carbocycles. The van der Waals surface area contributed by atoms with Gasteiger partial charge in [0.2, 0.25) is 0 Å². The zero-order valence-corrected chi connectivity index (χ0v) is 7.73. The quantitative estimate of drug-likeness (QED) is 0.764. The summed E-state index contributed by atoms with van der Waals surface area (Å²) in [5, 5.41) is 8.93. The van der Waals surface area contributed by atoms with Gasteiger partial charge in [0.25, 0.3) is 0 Å². The van der Waals surface area contributed by atoms with Gasteiger partial charge in [0.1, 0.15) is 5.75 Å². The molecule has 1 aromatic rings. The van der Waals surface area contributed by atoms with E-state index in [-0.39, 0.29) is 0 Å². The highest BCUT2D eigenvalue weighted by molar-refractivity contribution is 5.33. The molecule has 0 spiro atoms. The van der Waals surface area contributed by atoms with Gasteiger partial charge in [0, 0.05) is 6.61 Å². The number of rotatable bonds is 3. The lowest BCUT2D eigenvalue weighted by atomic mass is 10.1. The molecule has 0 heterocycles. The van der Waals surface area contributed by atoms with E-state index in [1.54, 1.807) is 7.11 Å². The molecule has 0 aromatic heterocycles. The summed E-state index contributed by atoms with van der Waals surface area (Å²) in [7, 11) is 1.68. The van der Waals surface area contributed by atoms with Crippen LogP contribution in [0.25, 0.3) is 0 Å². The molecule has 1 aromatic carbocycles. The number of hydrogen-bond donors (Lipinski definition) is 1. The highest BCUT2D eigenvalue weighted by Crippen LogP contribution is 2.47. The maximum atomic E-state index is 8.93. The summed E-state index contributed by atoms with van der Waals surface area (Å²) in [4.78, 5) is 0. The molecule has 1 fully saturated rings. The van der Waals surface area contributed by atoms with E-state index in [1.807, 2.05) is 12.1 Å². The lowest BCUT2D eigenvalue weighted by Crippen LogP contribution is -1.89. The number of aliphatic hydroxyl groups is 1. The molecule has 13 heavy (non-hydrogen) atoms. The summed E-state index contributed by atoms with van der Waals surface area (Å²) in [6.07, 6.45) is 1.11. The van der Waals surface area contributed by atoms with E-state index < -0.39 is 0 Å². The van der Waals surface area contributed by atoms with Crippen LogP contribution in [0.3, 0.4) is 0 Å². The van der Waals surface area contributed by atoms with Crippen LogP contribution in [0.4, 0.5) is 0 Å². The molecule has 2 nitrogen and oxygen atoms in total. The van der Waals surface area contributed by atoms with E-state index in [0.717, 1.165) is 12.2 Å². The van der Waals surface area contributed by atoms with E-state index in [0.29, 0.717) is 18.4 Å². The van der Waals surface area contributed by atoms with Crippen molar-refractivity contribution >= 4 is 0 Å². The Morgan fingerprint density at radius 1 is 1.54 bits per heavy atom. The molecule has 1 N–H and O–H groups in total. The van der Waals surface area contributed by atoms with Crippen molar-refractivity contribution in [3.05, 3.63) is 29.8 Å². The van der Waals surface area contributed by atoms with E-state index in [4.69, 9.17) is 9.84 Å². The zero-order chi connectivity index (χ0) is 9.26. The van der Waals surface area contributed by atoms with Crippen molar-refractivity contribution in [2.75, 3.05) is 13.7 Å². The van der Waals surface area contributed by atoms with E-state index in [2.05, 4.69) is 12.1 Å². The second kappa shape index (κ2) is 3.38. The standard InChI is InChI=1S/C11H14O2/c1-13-10-4-2-3-8(5-10)11-6-9(11)7-12/h2-5,9,11-12H,6-7H2,1H3/t9-,11+/m0/s1. The van der Waals surface area contributed by atoms with Crippen LogP contribution in [0.1, 0.15) is 17.9 Å². The van der Waals surface area contributed by atoms with Crippen molar-refractivity contribution in [2.24, 2.45) is 5.92 Å². The number of benzene rings is 1. The third-order valence-corrected chi connectivity index (χ3v) is 2.68. The number of aliphatic hydroxyl groups excluding tert-OH is 1. The normalized spacial score (nSPS) is 25.7. The summed E-state index contributed by atoms with van der Waals surface area (Å²) in [6, 6.07) is 8.10. The number of hydrogen-bond acceptors (Lipinski definition) is 2. The Morgan fingerprint density at radius 2 is 2.38 bits per heavy atom. The third kappa shape index (κ3) is 1.68. The van der Waals surface area contributed by atoms with Crippen LogP contribution >= 0.6 is 0 Å². The first-order valence-electron chi connectivity index (χ1n) is 4.60. The lowest BCUT2D eigenvalue weighted by Gasteiger charge is -2.02. The largest absolute Gasteiger partial charge is 0.497 e. The summed E-state index contributed by atoms with van der Waals surface area (Å²) in [5.41, 5.74) is 1.29. The molecule has 0 unspecified atom stereocenters. The van der Waals surface area contributed by atoms with Gasteiger partial charge in [-0.1, -0.05) is 12.1 Å². The van der Waals surface area contributed by atoms with Crippen LogP contribution in [-0.4, -0.2) is 18.8 Å². The number of ether oxygens (including phenoxy) is 1. The van der Waals surface area contributed by atoms with E-state index in [9.17, 15) is 0 Å². The van der Waals surface area contributed by atoms with Gasteiger partial charge >= 0.3 is 0 Å².